The molecule has 1 aliphatic rings. The fourth-order valence-corrected chi connectivity index (χ4v) is 3.25. The van der Waals surface area contributed by atoms with Gasteiger partial charge in [-0.15, -0.1) is 0 Å². The van der Waals surface area contributed by atoms with Crippen molar-refractivity contribution in [2.24, 2.45) is 0 Å². The van der Waals surface area contributed by atoms with Crippen LogP contribution in [-0.4, -0.2) is 21.1 Å². The van der Waals surface area contributed by atoms with Crippen molar-refractivity contribution < 1.29 is 13.2 Å². The lowest BCUT2D eigenvalue weighted by molar-refractivity contribution is 0.340. The summed E-state index contributed by atoms with van der Waals surface area (Å²) in [5, 5.41) is 3.36. The third kappa shape index (κ3) is 4.16. The lowest BCUT2D eigenvalue weighted by atomic mass is 10.3. The Labute approximate surface area is 136 Å². The van der Waals surface area contributed by atoms with Crippen molar-refractivity contribution in [1.82, 2.24) is 0 Å². The number of rotatable bonds is 7. The lowest BCUT2D eigenvalue weighted by Gasteiger charge is -2.10. The fraction of sp³-hybridized carbons (Fsp3) is 0.294. The second-order valence-electron chi connectivity index (χ2n) is 5.51. The molecule has 0 aromatic heterocycles. The van der Waals surface area contributed by atoms with Crippen LogP contribution < -0.4 is 14.8 Å². The molecule has 0 unspecified atom stereocenters. The maximum Gasteiger partial charge on any atom is 0.261 e. The molecular formula is C17H20N2O3S. The van der Waals surface area contributed by atoms with Crippen LogP contribution in [0.4, 0.5) is 11.4 Å². The molecule has 2 aromatic carbocycles. The molecule has 2 N–H and O–H groups in total. The molecule has 6 heteroatoms. The molecule has 0 bridgehead atoms. The van der Waals surface area contributed by atoms with Crippen molar-refractivity contribution >= 4 is 21.4 Å². The smallest absolute Gasteiger partial charge is 0.261 e. The van der Waals surface area contributed by atoms with E-state index in [2.05, 4.69) is 10.0 Å². The molecule has 0 atom stereocenters. The van der Waals surface area contributed by atoms with Crippen molar-refractivity contribution in [1.29, 1.82) is 0 Å². The maximum absolute atomic E-state index is 12.4. The van der Waals surface area contributed by atoms with E-state index < -0.39 is 10.0 Å². The van der Waals surface area contributed by atoms with E-state index in [9.17, 15) is 8.42 Å². The minimum atomic E-state index is -3.59. The molecule has 0 saturated heterocycles. The first kappa shape index (κ1) is 15.7. The summed E-state index contributed by atoms with van der Waals surface area (Å²) in [6.45, 7) is 2.43. The quantitative estimate of drug-likeness (QED) is 0.815. The van der Waals surface area contributed by atoms with Crippen LogP contribution in [0.1, 0.15) is 19.8 Å². The Bertz CT molecular complexity index is 751. The molecule has 3 rings (SSSR count). The zero-order chi connectivity index (χ0) is 16.3. The molecule has 1 saturated carbocycles. The highest BCUT2D eigenvalue weighted by molar-refractivity contribution is 7.92. The van der Waals surface area contributed by atoms with Crippen LogP contribution in [0.2, 0.25) is 0 Å². The molecule has 122 valence electrons. The van der Waals surface area contributed by atoms with Crippen molar-refractivity contribution in [3.63, 3.8) is 0 Å². The van der Waals surface area contributed by atoms with Gasteiger partial charge < -0.3 is 10.1 Å². The molecular weight excluding hydrogens is 312 g/mol. The first-order valence-corrected chi connectivity index (χ1v) is 9.17. The monoisotopic (exact) mass is 332 g/mol. The molecule has 1 fully saturated rings. The Morgan fingerprint density at radius 3 is 2.17 bits per heavy atom. The van der Waals surface area contributed by atoms with Crippen LogP contribution in [0.25, 0.3) is 0 Å². The van der Waals surface area contributed by atoms with E-state index in [0.717, 1.165) is 5.69 Å². The van der Waals surface area contributed by atoms with E-state index >= 15 is 0 Å². The summed E-state index contributed by atoms with van der Waals surface area (Å²) in [6.07, 6.45) is 2.40. The van der Waals surface area contributed by atoms with Crippen molar-refractivity contribution in [3.05, 3.63) is 48.5 Å². The van der Waals surface area contributed by atoms with Gasteiger partial charge in [-0.25, -0.2) is 8.42 Å². The van der Waals surface area contributed by atoms with Crippen LogP contribution >= 0.6 is 0 Å². The zero-order valence-corrected chi connectivity index (χ0v) is 13.8. The predicted molar refractivity (Wildman–Crippen MR) is 91.5 cm³/mol. The van der Waals surface area contributed by atoms with Crippen molar-refractivity contribution in [3.8, 4) is 5.75 Å². The average molecular weight is 332 g/mol. The summed E-state index contributed by atoms with van der Waals surface area (Å²) in [6, 6.07) is 14.2. The van der Waals surface area contributed by atoms with Gasteiger partial charge in [0.05, 0.1) is 11.5 Å². The van der Waals surface area contributed by atoms with Gasteiger partial charge in [0, 0.05) is 17.4 Å². The Hall–Kier alpha value is -2.21. The van der Waals surface area contributed by atoms with Gasteiger partial charge in [-0.2, -0.15) is 0 Å². The van der Waals surface area contributed by atoms with Gasteiger partial charge in [0.1, 0.15) is 5.75 Å². The van der Waals surface area contributed by atoms with E-state index in [0.29, 0.717) is 24.1 Å². The van der Waals surface area contributed by atoms with E-state index in [4.69, 9.17) is 4.74 Å². The topological polar surface area (TPSA) is 67.4 Å². The van der Waals surface area contributed by atoms with Gasteiger partial charge >= 0.3 is 0 Å². The Balaban J connectivity index is 1.69. The van der Waals surface area contributed by atoms with E-state index in [1.54, 1.807) is 24.3 Å². The molecule has 5 nitrogen and oxygen atoms in total. The second kappa shape index (κ2) is 6.50. The fourth-order valence-electron chi connectivity index (χ4n) is 2.19. The number of hydrogen-bond acceptors (Lipinski definition) is 4. The van der Waals surface area contributed by atoms with Crippen LogP contribution in [0.15, 0.2) is 53.4 Å². The summed E-state index contributed by atoms with van der Waals surface area (Å²) < 4.78 is 32.7. The molecule has 0 heterocycles. The summed E-state index contributed by atoms with van der Waals surface area (Å²) in [7, 11) is -3.59. The molecule has 0 spiro atoms. The Morgan fingerprint density at radius 2 is 1.61 bits per heavy atom. The molecule has 1 aliphatic carbocycles. The summed E-state index contributed by atoms with van der Waals surface area (Å²) in [5.74, 6) is 0.655. The van der Waals surface area contributed by atoms with Gasteiger partial charge in [0.15, 0.2) is 0 Å². The molecule has 2 aromatic rings. The van der Waals surface area contributed by atoms with Crippen molar-refractivity contribution in [2.45, 2.75) is 30.7 Å². The highest BCUT2D eigenvalue weighted by atomic mass is 32.2. The van der Waals surface area contributed by atoms with Gasteiger partial charge in [-0.1, -0.05) is 0 Å². The summed E-state index contributed by atoms with van der Waals surface area (Å²) in [5.41, 5.74) is 1.55. The van der Waals surface area contributed by atoms with Gasteiger partial charge in [0.25, 0.3) is 10.0 Å². The zero-order valence-electron chi connectivity index (χ0n) is 13.0. The summed E-state index contributed by atoms with van der Waals surface area (Å²) >= 11 is 0. The van der Waals surface area contributed by atoms with Gasteiger partial charge in [-0.3, -0.25) is 4.72 Å². The highest BCUT2D eigenvalue weighted by Crippen LogP contribution is 2.26. The molecule has 0 aliphatic heterocycles. The number of benzene rings is 2. The van der Waals surface area contributed by atoms with E-state index in [1.807, 2.05) is 19.1 Å². The summed E-state index contributed by atoms with van der Waals surface area (Å²) in [4.78, 5) is 0.209. The maximum atomic E-state index is 12.4. The largest absolute Gasteiger partial charge is 0.494 e. The second-order valence-corrected chi connectivity index (χ2v) is 7.19. The third-order valence-corrected chi connectivity index (χ3v) is 4.93. The Morgan fingerprint density at radius 1 is 1.00 bits per heavy atom. The molecule has 0 radical (unpaired) electrons. The van der Waals surface area contributed by atoms with Crippen LogP contribution in [0.3, 0.4) is 0 Å². The highest BCUT2D eigenvalue weighted by Gasteiger charge is 2.20. The van der Waals surface area contributed by atoms with Crippen molar-refractivity contribution in [2.75, 3.05) is 16.6 Å². The molecule has 23 heavy (non-hydrogen) atoms. The first-order chi connectivity index (χ1) is 11.1. The van der Waals surface area contributed by atoms with Crippen LogP contribution in [0, 0.1) is 0 Å². The number of anilines is 2. The number of hydrogen-bond donors (Lipinski definition) is 2. The average Bonchev–Trinajstić information content (AvgIpc) is 3.34. The standard InChI is InChI=1S/C17H20N2O3S/c1-2-22-16-9-11-17(12-10-16)23(20,21)19-15-7-5-14(6-8-15)18-13-3-4-13/h5-13,18-19H,2-4H2,1H3. The normalized spacial score (nSPS) is 14.3. The lowest BCUT2D eigenvalue weighted by Crippen LogP contribution is -2.13. The van der Waals surface area contributed by atoms with Crippen LogP contribution in [-0.2, 0) is 10.0 Å². The van der Waals surface area contributed by atoms with E-state index in [-0.39, 0.29) is 4.90 Å². The number of sulfonamides is 1. The first-order valence-electron chi connectivity index (χ1n) is 7.69. The van der Waals surface area contributed by atoms with E-state index in [1.165, 1.54) is 25.0 Å². The SMILES string of the molecule is CCOc1ccc(S(=O)(=O)Nc2ccc(NC3CC3)cc2)cc1. The molecule has 0 amide bonds. The van der Waals surface area contributed by atoms with Crippen LogP contribution in [0.5, 0.6) is 5.75 Å². The van der Waals surface area contributed by atoms with Gasteiger partial charge in [0.2, 0.25) is 0 Å². The number of nitrogens with one attached hydrogen (secondary N) is 2. The minimum Gasteiger partial charge on any atom is -0.494 e. The third-order valence-electron chi connectivity index (χ3n) is 3.53. The Kier molecular flexibility index (Phi) is 4.43. The minimum absolute atomic E-state index is 0.209. The predicted octanol–water partition coefficient (Wildman–Crippen LogP) is 3.46. The number of ether oxygens (including phenoxy) is 1. The van der Waals surface area contributed by atoms with Gasteiger partial charge in [-0.05, 0) is 68.3 Å².